The first kappa shape index (κ1) is 25.5. The molecule has 0 aromatic carbocycles. The Hall–Kier alpha value is -4.17. The molecular formula is C24H26F3N9O2. The number of hydrogen-bond donors (Lipinski definition) is 4. The molecule has 200 valence electrons. The molecule has 0 amide bonds. The Morgan fingerprint density at radius 3 is 2.74 bits per heavy atom. The van der Waals surface area contributed by atoms with E-state index in [9.17, 15) is 18.3 Å². The smallest absolute Gasteiger partial charge is 0.265 e. The van der Waals surface area contributed by atoms with Crippen LogP contribution in [0.3, 0.4) is 0 Å². The second kappa shape index (κ2) is 9.95. The molecule has 0 radical (unpaired) electrons. The predicted molar refractivity (Wildman–Crippen MR) is 135 cm³/mol. The van der Waals surface area contributed by atoms with Gasteiger partial charge >= 0.3 is 0 Å². The van der Waals surface area contributed by atoms with Crippen LogP contribution in [-0.4, -0.2) is 67.9 Å². The Morgan fingerprint density at radius 2 is 2.00 bits per heavy atom. The van der Waals surface area contributed by atoms with Gasteiger partial charge in [0.25, 0.3) is 12.4 Å². The average Bonchev–Trinajstić information content (AvgIpc) is 3.32. The maximum atomic E-state index is 14.3. The molecular weight excluding hydrogens is 503 g/mol. The number of aliphatic hydroxyl groups excluding tert-OH is 1. The number of fused-ring (bicyclic) bond motifs is 1. The zero-order valence-corrected chi connectivity index (χ0v) is 20.4. The molecule has 0 saturated carbocycles. The highest BCUT2D eigenvalue weighted by Crippen LogP contribution is 2.36. The molecule has 0 unspecified atom stereocenters. The molecule has 38 heavy (non-hydrogen) atoms. The van der Waals surface area contributed by atoms with E-state index in [1.54, 1.807) is 33.7 Å². The lowest BCUT2D eigenvalue weighted by Gasteiger charge is -2.44. The highest BCUT2D eigenvalue weighted by Gasteiger charge is 2.43. The third-order valence-corrected chi connectivity index (χ3v) is 6.65. The maximum absolute atomic E-state index is 14.3. The van der Waals surface area contributed by atoms with Crippen LogP contribution in [0.15, 0.2) is 42.9 Å². The summed E-state index contributed by atoms with van der Waals surface area (Å²) in [7, 11) is 1.34. The number of alkyl halides is 2. The van der Waals surface area contributed by atoms with Crippen molar-refractivity contribution in [2.24, 2.45) is 5.73 Å². The van der Waals surface area contributed by atoms with Crippen LogP contribution in [0, 0.1) is 5.95 Å². The topological polar surface area (TPSA) is 153 Å². The minimum Gasteiger partial charge on any atom is -0.492 e. The molecule has 11 nitrogen and oxygen atoms in total. The summed E-state index contributed by atoms with van der Waals surface area (Å²) in [5.41, 5.74) is 12.9. The Bertz CT molecular complexity index is 1470. The highest BCUT2D eigenvalue weighted by atomic mass is 19.3. The van der Waals surface area contributed by atoms with E-state index < -0.39 is 24.0 Å². The lowest BCUT2D eigenvalue weighted by Crippen LogP contribution is -2.63. The first-order valence-electron chi connectivity index (χ1n) is 11.8. The molecule has 2 atom stereocenters. The van der Waals surface area contributed by atoms with Crippen molar-refractivity contribution in [2.45, 2.75) is 30.9 Å². The number of methoxy groups -OCH3 is 1. The third-order valence-electron chi connectivity index (χ3n) is 6.65. The SMILES string of the molecule is COc1ccc(-c2cc(Nc3ccc4c(N)ncnn34)c(N3CCC[C@](N)([C@H](O)C(F)F)C3)cn2)nc1F. The van der Waals surface area contributed by atoms with Crippen molar-refractivity contribution in [2.75, 3.05) is 36.1 Å². The van der Waals surface area contributed by atoms with Crippen molar-refractivity contribution in [1.82, 2.24) is 24.6 Å². The van der Waals surface area contributed by atoms with E-state index in [1.807, 2.05) is 0 Å². The second-order valence-electron chi connectivity index (χ2n) is 9.10. The number of rotatable bonds is 7. The minimum absolute atomic E-state index is 0.00848. The number of ether oxygens (including phenoxy) is 1. The van der Waals surface area contributed by atoms with Gasteiger partial charge in [0.1, 0.15) is 23.8 Å². The quantitative estimate of drug-likeness (QED) is 0.263. The van der Waals surface area contributed by atoms with Crippen LogP contribution in [0.1, 0.15) is 12.8 Å². The van der Waals surface area contributed by atoms with Gasteiger partial charge in [-0.15, -0.1) is 0 Å². The van der Waals surface area contributed by atoms with E-state index in [2.05, 4.69) is 25.4 Å². The number of nitrogens with two attached hydrogens (primary N) is 2. The summed E-state index contributed by atoms with van der Waals surface area (Å²) >= 11 is 0. The first-order valence-corrected chi connectivity index (χ1v) is 11.8. The number of halogens is 3. The van der Waals surface area contributed by atoms with Crippen LogP contribution in [0.5, 0.6) is 5.75 Å². The number of nitrogen functional groups attached to an aromatic ring is 1. The van der Waals surface area contributed by atoms with Crippen molar-refractivity contribution in [3.05, 3.63) is 48.8 Å². The van der Waals surface area contributed by atoms with Gasteiger partial charge in [0.2, 0.25) is 0 Å². The van der Waals surface area contributed by atoms with E-state index in [1.165, 1.54) is 25.7 Å². The van der Waals surface area contributed by atoms with E-state index in [4.69, 9.17) is 16.2 Å². The lowest BCUT2D eigenvalue weighted by molar-refractivity contribution is -0.0529. The molecule has 14 heteroatoms. The number of pyridine rings is 2. The predicted octanol–water partition coefficient (Wildman–Crippen LogP) is 2.58. The van der Waals surface area contributed by atoms with Gasteiger partial charge in [-0.3, -0.25) is 4.98 Å². The fourth-order valence-electron chi connectivity index (χ4n) is 4.65. The molecule has 5 rings (SSSR count). The number of hydrogen-bond acceptors (Lipinski definition) is 10. The van der Waals surface area contributed by atoms with Gasteiger partial charge in [0, 0.05) is 13.1 Å². The van der Waals surface area contributed by atoms with Crippen molar-refractivity contribution < 1.29 is 23.0 Å². The molecule has 1 saturated heterocycles. The van der Waals surface area contributed by atoms with Gasteiger partial charge in [0.15, 0.2) is 11.6 Å². The zero-order chi connectivity index (χ0) is 27.0. The van der Waals surface area contributed by atoms with E-state index in [0.717, 1.165) is 0 Å². The molecule has 4 aromatic rings. The summed E-state index contributed by atoms with van der Waals surface area (Å²) in [6, 6.07) is 8.16. The Morgan fingerprint density at radius 1 is 1.18 bits per heavy atom. The average molecular weight is 530 g/mol. The summed E-state index contributed by atoms with van der Waals surface area (Å²) in [6.07, 6.45) is -1.42. The molecule has 0 aliphatic carbocycles. The molecule has 6 N–H and O–H groups in total. The summed E-state index contributed by atoms with van der Waals surface area (Å²) in [5.74, 6) is 0.0162. The van der Waals surface area contributed by atoms with Gasteiger partial charge in [-0.1, -0.05) is 0 Å². The van der Waals surface area contributed by atoms with Crippen molar-refractivity contribution in [1.29, 1.82) is 0 Å². The van der Waals surface area contributed by atoms with Crippen LogP contribution in [-0.2, 0) is 0 Å². The molecule has 1 aliphatic rings. The Balaban J connectivity index is 1.57. The van der Waals surface area contributed by atoms with Crippen molar-refractivity contribution in [3.8, 4) is 17.1 Å². The van der Waals surface area contributed by atoms with Crippen LogP contribution in [0.2, 0.25) is 0 Å². The summed E-state index contributed by atoms with van der Waals surface area (Å²) in [4.78, 5) is 14.2. The normalized spacial score (nSPS) is 18.7. The summed E-state index contributed by atoms with van der Waals surface area (Å²) in [6.45, 7) is 0.456. The van der Waals surface area contributed by atoms with Crippen LogP contribution in [0.4, 0.5) is 36.2 Å². The number of aliphatic hydroxyl groups is 1. The van der Waals surface area contributed by atoms with E-state index in [-0.39, 0.29) is 30.2 Å². The zero-order valence-electron chi connectivity index (χ0n) is 20.4. The fourth-order valence-corrected chi connectivity index (χ4v) is 4.65. The monoisotopic (exact) mass is 529 g/mol. The van der Waals surface area contributed by atoms with Gasteiger partial charge in [0.05, 0.1) is 41.6 Å². The molecule has 0 spiro atoms. The van der Waals surface area contributed by atoms with E-state index >= 15 is 0 Å². The lowest BCUT2D eigenvalue weighted by atomic mass is 9.84. The van der Waals surface area contributed by atoms with Gasteiger partial charge in [-0.2, -0.15) is 9.49 Å². The van der Waals surface area contributed by atoms with E-state index in [0.29, 0.717) is 41.4 Å². The highest BCUT2D eigenvalue weighted by molar-refractivity contribution is 5.80. The molecule has 4 aromatic heterocycles. The van der Waals surface area contributed by atoms with Crippen molar-refractivity contribution >= 4 is 28.5 Å². The summed E-state index contributed by atoms with van der Waals surface area (Å²) < 4.78 is 47.6. The minimum atomic E-state index is -2.98. The third kappa shape index (κ3) is 4.63. The molecule has 0 bridgehead atoms. The molecule has 5 heterocycles. The van der Waals surface area contributed by atoms with Crippen molar-refractivity contribution in [3.63, 3.8) is 0 Å². The number of nitrogens with zero attached hydrogens (tertiary/aromatic N) is 6. The Labute approximate surface area is 215 Å². The summed E-state index contributed by atoms with van der Waals surface area (Å²) in [5, 5.41) is 17.7. The first-order chi connectivity index (χ1) is 18.2. The number of anilines is 4. The standard InChI is InChI=1S/C24H26F3N9O2/c1-38-18-5-3-13(34-22(18)27)14-9-15(33-19-6-4-16-23(28)31-12-32-36(16)19)17(10-30-14)35-8-2-7-24(29,11-35)20(37)21(25)26/h3-6,9-10,12,20-21,37H,2,7-8,11,29H2,1H3,(H,30,33)(H2,28,31,32)/t20-,24-/m1/s1. The number of aromatic nitrogens is 5. The fraction of sp³-hybridized carbons (Fsp3) is 0.333. The largest absolute Gasteiger partial charge is 0.492 e. The molecule has 1 fully saturated rings. The van der Waals surface area contributed by atoms with Crippen LogP contribution in [0.25, 0.3) is 16.9 Å². The van der Waals surface area contributed by atoms with Gasteiger partial charge in [-0.25, -0.2) is 23.3 Å². The Kier molecular flexibility index (Phi) is 6.67. The van der Waals surface area contributed by atoms with Crippen LogP contribution < -0.4 is 26.4 Å². The second-order valence-corrected chi connectivity index (χ2v) is 9.10. The van der Waals surface area contributed by atoms with Gasteiger partial charge < -0.3 is 31.5 Å². The van der Waals surface area contributed by atoms with Gasteiger partial charge in [-0.05, 0) is 43.2 Å². The van der Waals surface area contributed by atoms with Crippen LogP contribution >= 0.6 is 0 Å². The number of nitrogens with one attached hydrogen (secondary N) is 1. The number of piperidine rings is 1. The maximum Gasteiger partial charge on any atom is 0.265 e. The molecule has 1 aliphatic heterocycles.